The number of anilines is 3. The number of para-hydroxylation sites is 3. The average Bonchev–Trinajstić information content (AvgIpc) is 3.75. The van der Waals surface area contributed by atoms with Gasteiger partial charge in [0.05, 0.1) is 11.0 Å². The number of hydrogen-bond acceptors (Lipinski definition) is 2. The van der Waals surface area contributed by atoms with Crippen LogP contribution in [0, 0.1) is 0 Å². The lowest BCUT2D eigenvalue weighted by molar-refractivity contribution is 1.18. The van der Waals surface area contributed by atoms with E-state index in [9.17, 15) is 0 Å². The molecule has 0 saturated carbocycles. The quantitative estimate of drug-likeness (QED) is 0.171. The van der Waals surface area contributed by atoms with Crippen LogP contribution in [-0.2, 0) is 0 Å². The molecule has 10 aromatic rings. The largest absolute Gasteiger partial charge is 0.310 e. The minimum atomic E-state index is 1.10. The third-order valence-electron chi connectivity index (χ3n) is 9.94. The summed E-state index contributed by atoms with van der Waals surface area (Å²) in [4.78, 5) is 2.41. The molecule has 51 heavy (non-hydrogen) atoms. The van der Waals surface area contributed by atoms with Gasteiger partial charge in [-0.25, -0.2) is 0 Å². The van der Waals surface area contributed by atoms with Crippen molar-refractivity contribution >= 4 is 70.4 Å². The Morgan fingerprint density at radius 2 is 1.02 bits per heavy atom. The summed E-state index contributed by atoms with van der Waals surface area (Å²) in [7, 11) is 0. The molecule has 10 rings (SSSR count). The first-order valence-electron chi connectivity index (χ1n) is 17.4. The molecule has 0 radical (unpaired) electrons. The standard InChI is InChI=1S/C48H32N2S/c1-4-15-33(16-5-1)34-29-35(40-23-14-24-44-43-22-11-13-26-47(43)51-48(40)44)31-39(30-34)49(36-17-6-2-7-18-36)38-27-28-42-41-21-10-12-25-45(41)50(46(42)32-38)37-19-8-3-9-20-37/h1-32H. The number of fused-ring (bicyclic) bond motifs is 6. The molecule has 0 atom stereocenters. The maximum Gasteiger partial charge on any atom is 0.0561 e. The maximum atomic E-state index is 2.41. The van der Waals surface area contributed by atoms with Gasteiger partial charge in [0.1, 0.15) is 0 Å². The molecule has 0 N–H and O–H groups in total. The van der Waals surface area contributed by atoms with Gasteiger partial charge in [-0.3, -0.25) is 0 Å². The summed E-state index contributed by atoms with van der Waals surface area (Å²) in [6, 6.07) is 70.4. The molecule has 0 fully saturated rings. The Hall–Kier alpha value is -6.42. The Labute approximate surface area is 300 Å². The molecule has 0 aliphatic carbocycles. The van der Waals surface area contributed by atoms with Crippen molar-refractivity contribution in [2.45, 2.75) is 0 Å². The predicted molar refractivity (Wildman–Crippen MR) is 219 cm³/mol. The summed E-state index contributed by atoms with van der Waals surface area (Å²) in [5.41, 5.74) is 11.7. The van der Waals surface area contributed by atoms with Gasteiger partial charge in [0.2, 0.25) is 0 Å². The summed E-state index contributed by atoms with van der Waals surface area (Å²) in [5, 5.41) is 5.10. The van der Waals surface area contributed by atoms with Gasteiger partial charge in [0.15, 0.2) is 0 Å². The molecule has 0 aliphatic rings. The van der Waals surface area contributed by atoms with E-state index in [0.29, 0.717) is 0 Å². The molecule has 240 valence electrons. The van der Waals surface area contributed by atoms with Crippen LogP contribution in [0.5, 0.6) is 0 Å². The second-order valence-corrected chi connectivity index (χ2v) is 14.0. The van der Waals surface area contributed by atoms with Gasteiger partial charge in [-0.2, -0.15) is 0 Å². The summed E-state index contributed by atoms with van der Waals surface area (Å²) in [6.07, 6.45) is 0. The van der Waals surface area contributed by atoms with Crippen molar-refractivity contribution in [2.75, 3.05) is 4.90 Å². The van der Waals surface area contributed by atoms with Crippen molar-refractivity contribution in [2.24, 2.45) is 0 Å². The van der Waals surface area contributed by atoms with E-state index in [2.05, 4.69) is 204 Å². The van der Waals surface area contributed by atoms with E-state index < -0.39 is 0 Å². The first-order chi connectivity index (χ1) is 25.3. The van der Waals surface area contributed by atoms with Gasteiger partial charge < -0.3 is 9.47 Å². The fourth-order valence-corrected chi connectivity index (χ4v) is 8.88. The Balaban J connectivity index is 1.24. The minimum absolute atomic E-state index is 1.10. The zero-order valence-electron chi connectivity index (χ0n) is 27.8. The number of thiophene rings is 1. The lowest BCUT2D eigenvalue weighted by Gasteiger charge is -2.27. The third kappa shape index (κ3) is 5.01. The lowest BCUT2D eigenvalue weighted by atomic mass is 9.96. The number of nitrogens with zero attached hydrogens (tertiary/aromatic N) is 2. The molecule has 0 aliphatic heterocycles. The van der Waals surface area contributed by atoms with Crippen molar-refractivity contribution in [1.29, 1.82) is 0 Å². The fraction of sp³-hybridized carbons (Fsp3) is 0. The van der Waals surface area contributed by atoms with Crippen molar-refractivity contribution < 1.29 is 0 Å². The Bertz CT molecular complexity index is 2850. The van der Waals surface area contributed by atoms with Gasteiger partial charge >= 0.3 is 0 Å². The van der Waals surface area contributed by atoms with Gasteiger partial charge in [-0.05, 0) is 89.0 Å². The van der Waals surface area contributed by atoms with Crippen LogP contribution in [0.4, 0.5) is 17.1 Å². The van der Waals surface area contributed by atoms with Crippen LogP contribution in [0.1, 0.15) is 0 Å². The molecular formula is C48H32N2S. The molecule has 2 nitrogen and oxygen atoms in total. The van der Waals surface area contributed by atoms with Crippen molar-refractivity contribution in [3.63, 3.8) is 0 Å². The van der Waals surface area contributed by atoms with Gasteiger partial charge in [0, 0.05) is 53.7 Å². The highest BCUT2D eigenvalue weighted by atomic mass is 32.1. The number of benzene rings is 8. The second-order valence-electron chi connectivity index (χ2n) is 13.0. The summed E-state index contributed by atoms with van der Waals surface area (Å²) >= 11 is 1.88. The SMILES string of the molecule is c1ccc(-c2cc(-c3cccc4c3sc3ccccc34)cc(N(c3ccccc3)c3ccc4c5ccccc5n(-c5ccccc5)c4c3)c2)cc1. The first kappa shape index (κ1) is 29.5. The van der Waals surface area contributed by atoms with Crippen LogP contribution < -0.4 is 4.90 Å². The van der Waals surface area contributed by atoms with Gasteiger partial charge in [0.25, 0.3) is 0 Å². The van der Waals surface area contributed by atoms with E-state index in [1.165, 1.54) is 64.2 Å². The number of aromatic nitrogens is 1. The molecule has 2 heterocycles. The smallest absolute Gasteiger partial charge is 0.0561 e. The van der Waals surface area contributed by atoms with Crippen LogP contribution in [0.25, 0.3) is 69.9 Å². The van der Waals surface area contributed by atoms with Crippen LogP contribution >= 0.6 is 11.3 Å². The fourth-order valence-electron chi connectivity index (χ4n) is 7.65. The minimum Gasteiger partial charge on any atom is -0.310 e. The summed E-state index contributed by atoms with van der Waals surface area (Å²) in [6.45, 7) is 0. The van der Waals surface area contributed by atoms with Crippen molar-refractivity contribution in [3.05, 3.63) is 194 Å². The zero-order valence-corrected chi connectivity index (χ0v) is 28.6. The molecule has 8 aromatic carbocycles. The summed E-state index contributed by atoms with van der Waals surface area (Å²) < 4.78 is 5.02. The molecule has 0 unspecified atom stereocenters. The third-order valence-corrected chi connectivity index (χ3v) is 11.2. The van der Waals surface area contributed by atoms with E-state index >= 15 is 0 Å². The van der Waals surface area contributed by atoms with Crippen LogP contribution in [0.3, 0.4) is 0 Å². The Morgan fingerprint density at radius 1 is 0.373 bits per heavy atom. The van der Waals surface area contributed by atoms with Gasteiger partial charge in [-0.15, -0.1) is 11.3 Å². The van der Waals surface area contributed by atoms with Crippen LogP contribution in [0.15, 0.2) is 194 Å². The second kappa shape index (κ2) is 12.2. The number of hydrogen-bond donors (Lipinski definition) is 0. The predicted octanol–water partition coefficient (Wildman–Crippen LogP) is 14.0. The number of rotatable bonds is 6. The normalized spacial score (nSPS) is 11.5. The average molecular weight is 669 g/mol. The summed E-state index contributed by atoms with van der Waals surface area (Å²) in [5.74, 6) is 0. The van der Waals surface area contributed by atoms with E-state index in [0.717, 1.165) is 22.7 Å². The molecular weight excluding hydrogens is 637 g/mol. The van der Waals surface area contributed by atoms with E-state index in [-0.39, 0.29) is 0 Å². The van der Waals surface area contributed by atoms with Gasteiger partial charge in [-0.1, -0.05) is 127 Å². The van der Waals surface area contributed by atoms with Crippen LogP contribution in [-0.4, -0.2) is 4.57 Å². The molecule has 0 spiro atoms. The van der Waals surface area contributed by atoms with Crippen molar-refractivity contribution in [3.8, 4) is 27.9 Å². The molecule has 3 heteroatoms. The van der Waals surface area contributed by atoms with E-state index in [1.54, 1.807) is 0 Å². The molecule has 0 saturated heterocycles. The highest BCUT2D eigenvalue weighted by Crippen LogP contribution is 2.45. The van der Waals surface area contributed by atoms with Crippen LogP contribution in [0.2, 0.25) is 0 Å². The zero-order chi connectivity index (χ0) is 33.7. The first-order valence-corrected chi connectivity index (χ1v) is 18.2. The lowest BCUT2D eigenvalue weighted by Crippen LogP contribution is -2.10. The monoisotopic (exact) mass is 668 g/mol. The Morgan fingerprint density at radius 3 is 1.84 bits per heavy atom. The van der Waals surface area contributed by atoms with Crippen molar-refractivity contribution in [1.82, 2.24) is 4.57 Å². The Kier molecular flexibility index (Phi) is 7.04. The van der Waals surface area contributed by atoms with E-state index in [4.69, 9.17) is 0 Å². The molecule has 2 aromatic heterocycles. The maximum absolute atomic E-state index is 2.41. The molecule has 0 amide bonds. The topological polar surface area (TPSA) is 8.17 Å². The van der Waals surface area contributed by atoms with E-state index in [1.807, 2.05) is 11.3 Å². The highest BCUT2D eigenvalue weighted by molar-refractivity contribution is 7.26. The highest BCUT2D eigenvalue weighted by Gasteiger charge is 2.20. The molecule has 0 bridgehead atoms.